The Hall–Kier alpha value is -5.46. The number of benzene rings is 9. The molecule has 0 aromatic heterocycles. The lowest BCUT2D eigenvalue weighted by atomic mass is 9.80. The van der Waals surface area contributed by atoms with Crippen LogP contribution in [0.15, 0.2) is 140 Å². The maximum Gasteiger partial charge on any atom is 0.0159 e. The molecule has 0 spiro atoms. The number of hydrogen-bond acceptors (Lipinski definition) is 0. The van der Waals surface area contributed by atoms with Crippen LogP contribution >= 0.6 is 0 Å². The highest BCUT2D eigenvalue weighted by Crippen LogP contribution is 2.52. The molecule has 48 heavy (non-hydrogen) atoms. The van der Waals surface area contributed by atoms with E-state index in [1.54, 1.807) is 0 Å². The Morgan fingerprint density at radius 2 is 0.896 bits per heavy atom. The lowest BCUT2D eigenvalue weighted by Crippen LogP contribution is -2.15. The van der Waals surface area contributed by atoms with Gasteiger partial charge in [0.1, 0.15) is 0 Å². The maximum atomic E-state index is 2.48. The zero-order chi connectivity index (χ0) is 32.3. The second-order valence-corrected chi connectivity index (χ2v) is 14.6. The Bertz CT molecular complexity index is 2770. The maximum absolute atomic E-state index is 2.48. The van der Waals surface area contributed by atoms with Crippen molar-refractivity contribution >= 4 is 53.9 Å². The van der Waals surface area contributed by atoms with Gasteiger partial charge in [0, 0.05) is 5.41 Å². The highest BCUT2D eigenvalue weighted by molar-refractivity contribution is 6.35. The summed E-state index contributed by atoms with van der Waals surface area (Å²) < 4.78 is 0. The number of rotatable bonds is 3. The smallest absolute Gasteiger partial charge is 0.0159 e. The average Bonchev–Trinajstić information content (AvgIpc) is 3.35. The molecule has 0 bridgehead atoms. The van der Waals surface area contributed by atoms with Crippen LogP contribution in [0.4, 0.5) is 0 Å². The molecular weight excluding hydrogens is 577 g/mol. The molecule has 0 saturated heterocycles. The monoisotopic (exact) mass is 612 g/mol. The lowest BCUT2D eigenvalue weighted by Gasteiger charge is -2.23. The van der Waals surface area contributed by atoms with Crippen LogP contribution in [0.25, 0.3) is 87.2 Å². The highest BCUT2D eigenvalue weighted by atomic mass is 14.4. The van der Waals surface area contributed by atoms with E-state index in [0.29, 0.717) is 5.92 Å². The quantitative estimate of drug-likeness (QED) is 0.138. The van der Waals surface area contributed by atoms with E-state index in [1.165, 1.54) is 104 Å². The first kappa shape index (κ1) is 27.6. The van der Waals surface area contributed by atoms with E-state index in [2.05, 4.69) is 167 Å². The van der Waals surface area contributed by atoms with Crippen molar-refractivity contribution in [3.63, 3.8) is 0 Å². The highest BCUT2D eigenvalue weighted by Gasteiger charge is 2.36. The minimum atomic E-state index is -0.118. The van der Waals surface area contributed by atoms with Crippen LogP contribution in [0.1, 0.15) is 50.3 Å². The SMILES string of the molecule is CC(C)c1ccc2c3ccccc3c3ccc(-c4ccc5c(c4)C(C)(C)c4cc(-c6cccc7ccccc67)ccc4-5)c4ccc1c2c43. The molecule has 9 aromatic rings. The van der Waals surface area contributed by atoms with Crippen molar-refractivity contribution < 1.29 is 0 Å². The average molecular weight is 613 g/mol. The van der Waals surface area contributed by atoms with Crippen LogP contribution in [-0.2, 0) is 5.41 Å². The van der Waals surface area contributed by atoms with Gasteiger partial charge in [0.05, 0.1) is 0 Å². The summed E-state index contributed by atoms with van der Waals surface area (Å²) in [6.07, 6.45) is 0. The second kappa shape index (κ2) is 9.78. The summed E-state index contributed by atoms with van der Waals surface area (Å²) in [6.45, 7) is 9.42. The molecule has 0 radical (unpaired) electrons. The molecule has 0 fully saturated rings. The Labute approximate surface area is 281 Å². The summed E-state index contributed by atoms with van der Waals surface area (Å²) in [4.78, 5) is 0. The first-order valence-corrected chi connectivity index (χ1v) is 17.3. The predicted octanol–water partition coefficient (Wildman–Crippen LogP) is 13.7. The van der Waals surface area contributed by atoms with Gasteiger partial charge in [0.2, 0.25) is 0 Å². The van der Waals surface area contributed by atoms with Crippen LogP contribution in [0.2, 0.25) is 0 Å². The summed E-state index contributed by atoms with van der Waals surface area (Å²) in [5, 5.41) is 13.5. The van der Waals surface area contributed by atoms with Gasteiger partial charge in [-0.3, -0.25) is 0 Å². The molecule has 1 aliphatic carbocycles. The zero-order valence-corrected chi connectivity index (χ0v) is 27.9. The van der Waals surface area contributed by atoms with Crippen LogP contribution < -0.4 is 0 Å². The van der Waals surface area contributed by atoms with Gasteiger partial charge in [-0.25, -0.2) is 0 Å². The predicted molar refractivity (Wildman–Crippen MR) is 208 cm³/mol. The van der Waals surface area contributed by atoms with Gasteiger partial charge in [0.25, 0.3) is 0 Å². The molecule has 228 valence electrons. The normalized spacial score (nSPS) is 13.8. The minimum Gasteiger partial charge on any atom is -0.0616 e. The fourth-order valence-electron chi connectivity index (χ4n) is 9.02. The van der Waals surface area contributed by atoms with Gasteiger partial charge in [0.15, 0.2) is 0 Å². The van der Waals surface area contributed by atoms with Gasteiger partial charge >= 0.3 is 0 Å². The van der Waals surface area contributed by atoms with E-state index < -0.39 is 0 Å². The number of hydrogen-bond donors (Lipinski definition) is 0. The Morgan fingerprint density at radius 3 is 1.56 bits per heavy atom. The summed E-state index contributed by atoms with van der Waals surface area (Å²) in [5.41, 5.74) is 12.0. The molecular formula is C48H36. The van der Waals surface area contributed by atoms with E-state index in [4.69, 9.17) is 0 Å². The van der Waals surface area contributed by atoms with E-state index in [9.17, 15) is 0 Å². The van der Waals surface area contributed by atoms with Gasteiger partial charge in [-0.2, -0.15) is 0 Å². The summed E-state index contributed by atoms with van der Waals surface area (Å²) in [7, 11) is 0. The molecule has 0 saturated carbocycles. The molecule has 0 unspecified atom stereocenters. The van der Waals surface area contributed by atoms with E-state index >= 15 is 0 Å². The van der Waals surface area contributed by atoms with Crippen molar-refractivity contribution in [1.82, 2.24) is 0 Å². The fraction of sp³-hybridized carbons (Fsp3) is 0.125. The summed E-state index contributed by atoms with van der Waals surface area (Å²) >= 11 is 0. The third-order valence-electron chi connectivity index (χ3n) is 11.4. The molecule has 1 aliphatic rings. The largest absolute Gasteiger partial charge is 0.0616 e. The van der Waals surface area contributed by atoms with Crippen molar-refractivity contribution in [2.75, 3.05) is 0 Å². The molecule has 9 aromatic carbocycles. The van der Waals surface area contributed by atoms with Crippen molar-refractivity contribution in [2.24, 2.45) is 0 Å². The summed E-state index contributed by atoms with van der Waals surface area (Å²) in [6, 6.07) is 52.9. The van der Waals surface area contributed by atoms with E-state index in [-0.39, 0.29) is 5.41 Å². The molecule has 0 nitrogen and oxygen atoms in total. The molecule has 0 aliphatic heterocycles. The van der Waals surface area contributed by atoms with Crippen LogP contribution in [0.3, 0.4) is 0 Å². The molecule has 0 heterocycles. The Morgan fingerprint density at radius 1 is 0.396 bits per heavy atom. The molecule has 0 atom stereocenters. The molecule has 0 N–H and O–H groups in total. The van der Waals surface area contributed by atoms with Crippen LogP contribution in [0, 0.1) is 0 Å². The third kappa shape index (κ3) is 3.66. The van der Waals surface area contributed by atoms with Crippen LogP contribution in [-0.4, -0.2) is 0 Å². The Balaban J connectivity index is 1.17. The van der Waals surface area contributed by atoms with E-state index in [0.717, 1.165) is 0 Å². The third-order valence-corrected chi connectivity index (χ3v) is 11.4. The van der Waals surface area contributed by atoms with Gasteiger partial charge < -0.3 is 0 Å². The minimum absolute atomic E-state index is 0.118. The standard InChI is InChI=1S/C48H36/c1-28(2)32-20-22-42-36-13-7-8-14-37(36)43-23-21-35(41-25-24-40(32)46(42)47(41)43)31-17-19-39-38-18-16-30(26-44(38)48(3,4)45(39)27-31)34-15-9-11-29-10-5-6-12-33(29)34/h5-28H,1-4H3. The van der Waals surface area contributed by atoms with Crippen molar-refractivity contribution in [1.29, 1.82) is 0 Å². The fourth-order valence-corrected chi connectivity index (χ4v) is 9.02. The second-order valence-electron chi connectivity index (χ2n) is 14.6. The number of fused-ring (bicyclic) bond motifs is 7. The van der Waals surface area contributed by atoms with Gasteiger partial charge in [-0.05, 0) is 122 Å². The van der Waals surface area contributed by atoms with Crippen molar-refractivity contribution in [3.05, 3.63) is 156 Å². The van der Waals surface area contributed by atoms with Crippen molar-refractivity contribution in [2.45, 2.75) is 39.0 Å². The first-order valence-electron chi connectivity index (χ1n) is 17.3. The van der Waals surface area contributed by atoms with E-state index in [1.807, 2.05) is 0 Å². The molecule has 0 amide bonds. The summed E-state index contributed by atoms with van der Waals surface area (Å²) in [5.74, 6) is 0.460. The molecule has 10 rings (SSSR count). The topological polar surface area (TPSA) is 0 Å². The van der Waals surface area contributed by atoms with Crippen molar-refractivity contribution in [3.8, 4) is 33.4 Å². The zero-order valence-electron chi connectivity index (χ0n) is 27.9. The Kier molecular flexibility index (Phi) is 5.63. The first-order chi connectivity index (χ1) is 23.4. The lowest BCUT2D eigenvalue weighted by molar-refractivity contribution is 0.661. The van der Waals surface area contributed by atoms with Gasteiger partial charge in [-0.15, -0.1) is 0 Å². The molecule has 0 heteroatoms. The van der Waals surface area contributed by atoms with Crippen LogP contribution in [0.5, 0.6) is 0 Å². The van der Waals surface area contributed by atoms with Gasteiger partial charge in [-0.1, -0.05) is 155 Å².